The van der Waals surface area contributed by atoms with E-state index in [1.165, 1.54) is 6.20 Å². The summed E-state index contributed by atoms with van der Waals surface area (Å²) in [5, 5.41) is 16.4. The largest absolute Gasteiger partial charge is 0.479 e. The van der Waals surface area contributed by atoms with Gasteiger partial charge >= 0.3 is 5.97 Å². The summed E-state index contributed by atoms with van der Waals surface area (Å²) in [6, 6.07) is 5.10. The van der Waals surface area contributed by atoms with Gasteiger partial charge in [-0.05, 0) is 25.1 Å². The normalized spacial score (nSPS) is 20.1. The van der Waals surface area contributed by atoms with Crippen LogP contribution in [0.4, 0.5) is 0 Å². The lowest BCUT2D eigenvalue weighted by Gasteiger charge is -2.23. The van der Waals surface area contributed by atoms with Gasteiger partial charge in [-0.1, -0.05) is 29.3 Å². The monoisotopic (exact) mass is 385 g/mol. The van der Waals surface area contributed by atoms with Crippen LogP contribution in [0.3, 0.4) is 0 Å². The van der Waals surface area contributed by atoms with Crippen LogP contribution in [0.5, 0.6) is 0 Å². The van der Waals surface area contributed by atoms with Crippen LogP contribution in [0.25, 0.3) is 10.6 Å². The molecular formula is C15H13Cl2N3O3S. The third-order valence-electron chi connectivity index (χ3n) is 3.82. The van der Waals surface area contributed by atoms with E-state index in [0.29, 0.717) is 38.5 Å². The fraction of sp³-hybridized carbons (Fsp3) is 0.267. The van der Waals surface area contributed by atoms with Gasteiger partial charge < -0.3 is 15.7 Å². The number of carboxylic acids is 1. The SMILES string of the molecule is O=C(NC1(C(=O)O)CCNC1)c1cnc(-c2c(Cl)cccc2Cl)s1. The molecule has 1 fully saturated rings. The number of carbonyl (C=O) groups is 2. The van der Waals surface area contributed by atoms with Crippen LogP contribution in [0, 0.1) is 0 Å². The Morgan fingerprint density at radius 1 is 1.33 bits per heavy atom. The van der Waals surface area contributed by atoms with Gasteiger partial charge in [-0.25, -0.2) is 9.78 Å². The Morgan fingerprint density at radius 2 is 2.04 bits per heavy atom. The summed E-state index contributed by atoms with van der Waals surface area (Å²) in [5.74, 6) is -1.53. The Morgan fingerprint density at radius 3 is 2.62 bits per heavy atom. The highest BCUT2D eigenvalue weighted by atomic mass is 35.5. The molecule has 1 aliphatic heterocycles. The van der Waals surface area contributed by atoms with Gasteiger partial charge in [0.1, 0.15) is 9.88 Å². The van der Waals surface area contributed by atoms with Crippen molar-refractivity contribution in [3.8, 4) is 10.6 Å². The van der Waals surface area contributed by atoms with Crippen molar-refractivity contribution in [3.05, 3.63) is 39.3 Å². The lowest BCUT2D eigenvalue weighted by molar-refractivity contribution is -0.143. The molecule has 1 aromatic carbocycles. The molecule has 1 amide bonds. The molecular weight excluding hydrogens is 373 g/mol. The van der Waals surface area contributed by atoms with Crippen molar-refractivity contribution in [2.24, 2.45) is 0 Å². The Kier molecular flexibility index (Phi) is 4.78. The molecule has 1 saturated heterocycles. The second-order valence-corrected chi connectivity index (χ2v) is 7.24. The molecule has 1 aromatic heterocycles. The average molecular weight is 386 g/mol. The second-order valence-electron chi connectivity index (χ2n) is 5.39. The molecule has 1 atom stereocenters. The van der Waals surface area contributed by atoms with E-state index in [-0.39, 0.29) is 6.54 Å². The van der Waals surface area contributed by atoms with Crippen LogP contribution in [-0.2, 0) is 4.79 Å². The maximum Gasteiger partial charge on any atom is 0.330 e. The Hall–Kier alpha value is -1.67. The van der Waals surface area contributed by atoms with Gasteiger partial charge in [0.05, 0.1) is 16.2 Å². The number of aliphatic carboxylic acids is 1. The van der Waals surface area contributed by atoms with Crippen molar-refractivity contribution in [2.45, 2.75) is 12.0 Å². The molecule has 0 saturated carbocycles. The summed E-state index contributed by atoms with van der Waals surface area (Å²) in [6.07, 6.45) is 1.73. The van der Waals surface area contributed by atoms with E-state index in [1.54, 1.807) is 18.2 Å². The van der Waals surface area contributed by atoms with Crippen LogP contribution in [0.1, 0.15) is 16.1 Å². The number of benzene rings is 1. The van der Waals surface area contributed by atoms with Crippen LogP contribution < -0.4 is 10.6 Å². The topological polar surface area (TPSA) is 91.3 Å². The van der Waals surface area contributed by atoms with Gasteiger partial charge in [0.25, 0.3) is 5.91 Å². The zero-order chi connectivity index (χ0) is 17.3. The summed E-state index contributed by atoms with van der Waals surface area (Å²) in [7, 11) is 0. The van der Waals surface area contributed by atoms with E-state index in [1.807, 2.05) is 0 Å². The number of aromatic nitrogens is 1. The standard InChI is InChI=1S/C15H13Cl2N3O3S/c16-8-2-1-3-9(17)11(8)13-19-6-10(24-13)12(21)20-15(14(22)23)4-5-18-7-15/h1-3,6,18H,4-5,7H2,(H,20,21)(H,22,23). The first-order chi connectivity index (χ1) is 11.4. The molecule has 0 bridgehead atoms. The van der Waals surface area contributed by atoms with Crippen molar-refractivity contribution >= 4 is 46.4 Å². The second kappa shape index (κ2) is 6.68. The number of rotatable bonds is 4. The van der Waals surface area contributed by atoms with Crippen molar-refractivity contribution in [1.29, 1.82) is 0 Å². The fourth-order valence-corrected chi connectivity index (χ4v) is 4.08. The summed E-state index contributed by atoms with van der Waals surface area (Å²) in [4.78, 5) is 28.4. The number of hydrogen-bond donors (Lipinski definition) is 3. The molecule has 1 aliphatic rings. The molecule has 0 spiro atoms. The first kappa shape index (κ1) is 17.2. The Labute approximate surface area is 151 Å². The molecule has 0 aliphatic carbocycles. The maximum atomic E-state index is 12.4. The summed E-state index contributed by atoms with van der Waals surface area (Å²) >= 11 is 13.4. The third-order valence-corrected chi connectivity index (χ3v) is 5.47. The number of nitrogens with zero attached hydrogens (tertiary/aromatic N) is 1. The third kappa shape index (κ3) is 3.12. The van der Waals surface area contributed by atoms with Gasteiger partial charge in [0.15, 0.2) is 5.54 Å². The molecule has 9 heteroatoms. The van der Waals surface area contributed by atoms with E-state index < -0.39 is 17.4 Å². The Bertz CT molecular complexity index is 783. The first-order valence-corrected chi connectivity index (χ1v) is 8.67. The number of hydrogen-bond acceptors (Lipinski definition) is 5. The van der Waals surface area contributed by atoms with Gasteiger partial charge in [0.2, 0.25) is 0 Å². The van der Waals surface area contributed by atoms with Crippen LogP contribution in [0.15, 0.2) is 24.4 Å². The number of carboxylic acid groups (broad SMARTS) is 1. The molecule has 3 rings (SSSR count). The minimum Gasteiger partial charge on any atom is -0.479 e. The zero-order valence-corrected chi connectivity index (χ0v) is 14.6. The highest BCUT2D eigenvalue weighted by Gasteiger charge is 2.43. The molecule has 2 aromatic rings. The van der Waals surface area contributed by atoms with Crippen LogP contribution >= 0.6 is 34.5 Å². The number of carbonyl (C=O) groups excluding carboxylic acids is 1. The molecule has 126 valence electrons. The van der Waals surface area contributed by atoms with Gasteiger partial charge in [-0.2, -0.15) is 0 Å². The average Bonchev–Trinajstić information content (AvgIpc) is 3.17. The minimum atomic E-state index is -1.29. The van der Waals surface area contributed by atoms with E-state index in [0.717, 1.165) is 11.3 Å². The van der Waals surface area contributed by atoms with E-state index in [4.69, 9.17) is 23.2 Å². The van der Waals surface area contributed by atoms with Gasteiger partial charge in [-0.3, -0.25) is 4.79 Å². The quantitative estimate of drug-likeness (QED) is 0.752. The fourth-order valence-electron chi connectivity index (χ4n) is 2.51. The van der Waals surface area contributed by atoms with Crippen molar-refractivity contribution in [2.75, 3.05) is 13.1 Å². The molecule has 3 N–H and O–H groups in total. The number of halogens is 2. The predicted molar refractivity (Wildman–Crippen MR) is 92.9 cm³/mol. The highest BCUT2D eigenvalue weighted by Crippen LogP contribution is 2.36. The molecule has 2 heterocycles. The van der Waals surface area contributed by atoms with Crippen molar-refractivity contribution in [1.82, 2.24) is 15.6 Å². The Balaban J connectivity index is 1.85. The predicted octanol–water partition coefficient (Wildman–Crippen LogP) is 2.66. The summed E-state index contributed by atoms with van der Waals surface area (Å²) in [6.45, 7) is 0.728. The summed E-state index contributed by atoms with van der Waals surface area (Å²) < 4.78 is 0. The van der Waals surface area contributed by atoms with Crippen molar-refractivity contribution in [3.63, 3.8) is 0 Å². The first-order valence-electron chi connectivity index (χ1n) is 7.10. The molecule has 6 nitrogen and oxygen atoms in total. The van der Waals surface area contributed by atoms with E-state index >= 15 is 0 Å². The zero-order valence-electron chi connectivity index (χ0n) is 12.3. The molecule has 24 heavy (non-hydrogen) atoms. The van der Waals surface area contributed by atoms with Crippen molar-refractivity contribution < 1.29 is 14.7 Å². The van der Waals surface area contributed by atoms with Gasteiger partial charge in [-0.15, -0.1) is 11.3 Å². The summed E-state index contributed by atoms with van der Waals surface area (Å²) in [5.41, 5.74) is -0.733. The van der Waals surface area contributed by atoms with Crippen LogP contribution in [-0.4, -0.2) is 40.6 Å². The molecule has 1 unspecified atom stereocenters. The van der Waals surface area contributed by atoms with E-state index in [9.17, 15) is 14.7 Å². The number of thiazole rings is 1. The number of nitrogens with one attached hydrogen (secondary N) is 2. The smallest absolute Gasteiger partial charge is 0.330 e. The lowest BCUT2D eigenvalue weighted by Crippen LogP contribution is -2.55. The number of amides is 1. The lowest BCUT2D eigenvalue weighted by atomic mass is 9.99. The van der Waals surface area contributed by atoms with E-state index in [2.05, 4.69) is 15.6 Å². The highest BCUT2D eigenvalue weighted by molar-refractivity contribution is 7.17. The van der Waals surface area contributed by atoms with Gasteiger partial charge in [0, 0.05) is 12.1 Å². The van der Waals surface area contributed by atoms with Crippen LogP contribution in [0.2, 0.25) is 10.0 Å². The minimum absolute atomic E-state index is 0.191. The molecule has 0 radical (unpaired) electrons. The maximum absolute atomic E-state index is 12.4.